The van der Waals surface area contributed by atoms with Crippen molar-refractivity contribution < 1.29 is 0 Å². The molecule has 1 aromatic heterocycles. The molecule has 0 atom stereocenters. The van der Waals surface area contributed by atoms with Crippen molar-refractivity contribution in [1.29, 1.82) is 5.26 Å². The lowest BCUT2D eigenvalue weighted by atomic mass is 10.1. The zero-order valence-electron chi connectivity index (χ0n) is 7.05. The Labute approximate surface area is 99.0 Å². The van der Waals surface area contributed by atoms with E-state index in [0.29, 0.717) is 15.9 Å². The van der Waals surface area contributed by atoms with Gasteiger partial charge >= 0.3 is 0 Å². The Hall–Kier alpha value is -0.560. The van der Waals surface area contributed by atoms with Crippen LogP contribution in [0.15, 0.2) is 17.5 Å². The summed E-state index contributed by atoms with van der Waals surface area (Å²) >= 11 is 11.0. The minimum absolute atomic E-state index is 0.612. The number of alkyl halides is 1. The number of thiophene rings is 1. The van der Waals surface area contributed by atoms with E-state index in [1.165, 1.54) is 0 Å². The van der Waals surface area contributed by atoms with Gasteiger partial charge in [-0.05, 0) is 23.1 Å². The SMILES string of the molecule is N#Cc1c(CBr)c(Cl)cc2sccc12. The Kier molecular flexibility index (Phi) is 2.78. The molecule has 0 fully saturated rings. The van der Waals surface area contributed by atoms with Crippen LogP contribution in [0.1, 0.15) is 11.1 Å². The zero-order valence-corrected chi connectivity index (χ0v) is 10.2. The maximum atomic E-state index is 9.07. The molecule has 2 rings (SSSR count). The maximum Gasteiger partial charge on any atom is 0.100 e. The second-order valence-corrected chi connectivity index (χ2v) is 4.71. The molecule has 4 heteroatoms. The first-order valence-electron chi connectivity index (χ1n) is 3.92. The first-order valence-corrected chi connectivity index (χ1v) is 6.30. The normalized spacial score (nSPS) is 10.4. The molecule has 1 heterocycles. The molecule has 0 aliphatic rings. The van der Waals surface area contributed by atoms with Gasteiger partial charge in [0.1, 0.15) is 6.07 Å². The van der Waals surface area contributed by atoms with Crippen LogP contribution < -0.4 is 0 Å². The van der Waals surface area contributed by atoms with Gasteiger partial charge < -0.3 is 0 Å². The summed E-state index contributed by atoms with van der Waals surface area (Å²) in [7, 11) is 0. The Balaban J connectivity index is 2.91. The second kappa shape index (κ2) is 3.90. The van der Waals surface area contributed by atoms with E-state index in [-0.39, 0.29) is 0 Å². The molecule has 0 aliphatic carbocycles. The summed E-state index contributed by atoms with van der Waals surface area (Å²) in [6.07, 6.45) is 0. The van der Waals surface area contributed by atoms with Crippen LogP contribution in [0.25, 0.3) is 10.1 Å². The average molecular weight is 287 g/mol. The molecule has 0 saturated heterocycles. The number of fused-ring (bicyclic) bond motifs is 1. The van der Waals surface area contributed by atoms with Gasteiger partial charge in [-0.1, -0.05) is 27.5 Å². The number of hydrogen-bond donors (Lipinski definition) is 0. The topological polar surface area (TPSA) is 23.8 Å². The predicted octanol–water partition coefficient (Wildman–Crippen LogP) is 4.32. The third-order valence-electron chi connectivity index (χ3n) is 2.06. The summed E-state index contributed by atoms with van der Waals surface area (Å²) in [5.41, 5.74) is 1.56. The number of nitrogens with zero attached hydrogens (tertiary/aromatic N) is 1. The molecule has 1 aromatic carbocycles. The van der Waals surface area contributed by atoms with E-state index in [1.807, 2.05) is 17.5 Å². The van der Waals surface area contributed by atoms with Crippen molar-refractivity contribution in [3.63, 3.8) is 0 Å². The smallest absolute Gasteiger partial charge is 0.100 e. The first kappa shape index (κ1) is 9.97. The van der Waals surface area contributed by atoms with Gasteiger partial charge in [0.25, 0.3) is 0 Å². The summed E-state index contributed by atoms with van der Waals surface area (Å²) < 4.78 is 1.07. The molecular weight excluding hydrogens is 282 g/mol. The summed E-state index contributed by atoms with van der Waals surface area (Å²) in [5.74, 6) is 0. The molecule has 70 valence electrons. The fourth-order valence-electron chi connectivity index (χ4n) is 1.38. The van der Waals surface area contributed by atoms with Crippen LogP contribution in [0.3, 0.4) is 0 Å². The minimum Gasteiger partial charge on any atom is -0.192 e. The summed E-state index contributed by atoms with van der Waals surface area (Å²) in [4.78, 5) is 0. The van der Waals surface area contributed by atoms with Crippen molar-refractivity contribution in [3.05, 3.63) is 33.7 Å². The van der Waals surface area contributed by atoms with Crippen LogP contribution in [0, 0.1) is 11.3 Å². The van der Waals surface area contributed by atoms with Gasteiger partial charge in [-0.2, -0.15) is 5.26 Å². The molecule has 2 aromatic rings. The largest absolute Gasteiger partial charge is 0.192 e. The van der Waals surface area contributed by atoms with E-state index < -0.39 is 0 Å². The lowest BCUT2D eigenvalue weighted by Gasteiger charge is -2.03. The quantitative estimate of drug-likeness (QED) is 0.716. The average Bonchev–Trinajstić information content (AvgIpc) is 2.62. The van der Waals surface area contributed by atoms with Crippen LogP contribution in [-0.4, -0.2) is 0 Å². The predicted molar refractivity (Wildman–Crippen MR) is 64.2 cm³/mol. The van der Waals surface area contributed by atoms with Gasteiger partial charge in [0.2, 0.25) is 0 Å². The van der Waals surface area contributed by atoms with Crippen molar-refractivity contribution in [2.45, 2.75) is 5.33 Å². The molecule has 14 heavy (non-hydrogen) atoms. The molecule has 0 spiro atoms. The van der Waals surface area contributed by atoms with Crippen LogP contribution in [0.5, 0.6) is 0 Å². The van der Waals surface area contributed by atoms with Gasteiger partial charge in [0, 0.05) is 20.4 Å². The minimum atomic E-state index is 0.612. The fourth-order valence-corrected chi connectivity index (χ4v) is 3.29. The van der Waals surface area contributed by atoms with Crippen LogP contribution in [-0.2, 0) is 5.33 Å². The highest BCUT2D eigenvalue weighted by molar-refractivity contribution is 9.08. The van der Waals surface area contributed by atoms with Gasteiger partial charge in [0.05, 0.1) is 5.56 Å². The molecule has 0 bridgehead atoms. The Morgan fingerprint density at radius 1 is 1.57 bits per heavy atom. The highest BCUT2D eigenvalue weighted by Crippen LogP contribution is 2.33. The monoisotopic (exact) mass is 285 g/mol. The van der Waals surface area contributed by atoms with Crippen LogP contribution >= 0.6 is 38.9 Å². The molecular formula is C10H5BrClNS. The van der Waals surface area contributed by atoms with Crippen molar-refractivity contribution >= 4 is 49.0 Å². The maximum absolute atomic E-state index is 9.07. The summed E-state index contributed by atoms with van der Waals surface area (Å²) in [5, 5.41) is 13.3. The van der Waals surface area contributed by atoms with Gasteiger partial charge in [0.15, 0.2) is 0 Å². The molecule has 0 radical (unpaired) electrons. The standard InChI is InChI=1S/C10H5BrClNS/c11-4-7-8(5-13)6-1-2-14-10(6)3-9(7)12/h1-3H,4H2. The number of nitriles is 1. The summed E-state index contributed by atoms with van der Waals surface area (Å²) in [6, 6.07) is 6.08. The Morgan fingerprint density at radius 2 is 2.36 bits per heavy atom. The molecule has 1 nitrogen and oxygen atoms in total. The van der Waals surface area contributed by atoms with Crippen molar-refractivity contribution in [1.82, 2.24) is 0 Å². The number of rotatable bonds is 1. The van der Waals surface area contributed by atoms with Crippen molar-refractivity contribution in [3.8, 4) is 6.07 Å². The van der Waals surface area contributed by atoms with Crippen LogP contribution in [0.2, 0.25) is 5.02 Å². The van der Waals surface area contributed by atoms with Crippen molar-refractivity contribution in [2.24, 2.45) is 0 Å². The number of halogens is 2. The molecule has 0 amide bonds. The second-order valence-electron chi connectivity index (χ2n) is 2.79. The number of benzene rings is 1. The molecule has 0 unspecified atom stereocenters. The van der Waals surface area contributed by atoms with Crippen molar-refractivity contribution in [2.75, 3.05) is 0 Å². The van der Waals surface area contributed by atoms with E-state index in [0.717, 1.165) is 15.6 Å². The number of hydrogen-bond acceptors (Lipinski definition) is 2. The van der Waals surface area contributed by atoms with E-state index in [4.69, 9.17) is 16.9 Å². The van der Waals surface area contributed by atoms with Gasteiger partial charge in [-0.25, -0.2) is 0 Å². The first-order chi connectivity index (χ1) is 6.77. The lowest BCUT2D eigenvalue weighted by Crippen LogP contribution is -1.87. The zero-order chi connectivity index (χ0) is 10.1. The third-order valence-corrected chi connectivity index (χ3v) is 3.82. The Morgan fingerprint density at radius 3 is 3.00 bits per heavy atom. The van der Waals surface area contributed by atoms with E-state index in [9.17, 15) is 0 Å². The van der Waals surface area contributed by atoms with E-state index in [2.05, 4.69) is 22.0 Å². The highest BCUT2D eigenvalue weighted by atomic mass is 79.9. The molecule has 0 aliphatic heterocycles. The summed E-state index contributed by atoms with van der Waals surface area (Å²) in [6.45, 7) is 0. The van der Waals surface area contributed by atoms with E-state index in [1.54, 1.807) is 11.3 Å². The van der Waals surface area contributed by atoms with Gasteiger partial charge in [-0.3, -0.25) is 0 Å². The molecule has 0 N–H and O–H groups in total. The highest BCUT2D eigenvalue weighted by Gasteiger charge is 2.11. The van der Waals surface area contributed by atoms with Gasteiger partial charge in [-0.15, -0.1) is 11.3 Å². The lowest BCUT2D eigenvalue weighted by molar-refractivity contribution is 1.40. The van der Waals surface area contributed by atoms with Crippen LogP contribution in [0.4, 0.5) is 0 Å². The van der Waals surface area contributed by atoms with E-state index >= 15 is 0 Å². The Bertz CT molecular complexity index is 527. The molecule has 0 saturated carbocycles. The fraction of sp³-hybridized carbons (Fsp3) is 0.100. The third kappa shape index (κ3) is 1.44.